The van der Waals surface area contributed by atoms with Crippen molar-refractivity contribution in [1.82, 2.24) is 9.97 Å². The summed E-state index contributed by atoms with van der Waals surface area (Å²) in [6, 6.07) is 14.4. The van der Waals surface area contributed by atoms with Crippen LogP contribution in [0.25, 0.3) is 0 Å². The van der Waals surface area contributed by atoms with Crippen LogP contribution in [0.15, 0.2) is 54.9 Å². The summed E-state index contributed by atoms with van der Waals surface area (Å²) in [5, 5.41) is 9.30. The number of carboxylic acid groups (broad SMARTS) is 1. The molecule has 0 saturated heterocycles. The Balaban J connectivity index is 1.49. The molecule has 0 aliphatic heterocycles. The van der Waals surface area contributed by atoms with Crippen molar-refractivity contribution in [1.29, 1.82) is 0 Å². The number of nitrogens with one attached hydrogen (secondary N) is 1. The van der Waals surface area contributed by atoms with E-state index in [4.69, 9.17) is 4.74 Å². The zero-order valence-corrected chi connectivity index (χ0v) is 19.3. The number of benzene rings is 2. The lowest BCUT2D eigenvalue weighted by molar-refractivity contribution is -0.137. The number of aromatic amines is 1. The smallest absolute Gasteiger partial charge is 0.304 e. The van der Waals surface area contributed by atoms with Gasteiger partial charge >= 0.3 is 5.97 Å². The van der Waals surface area contributed by atoms with Crippen LogP contribution < -0.4 is 4.74 Å². The van der Waals surface area contributed by atoms with Crippen LogP contribution >= 0.6 is 0 Å². The van der Waals surface area contributed by atoms with Crippen LogP contribution in [-0.4, -0.2) is 21.0 Å². The Morgan fingerprint density at radius 3 is 2.38 bits per heavy atom. The van der Waals surface area contributed by atoms with Crippen molar-refractivity contribution in [2.45, 2.75) is 70.3 Å². The van der Waals surface area contributed by atoms with Crippen LogP contribution in [0.4, 0.5) is 0 Å². The van der Waals surface area contributed by atoms with E-state index in [9.17, 15) is 9.90 Å². The number of rotatable bonds is 7. The normalized spacial score (nSPS) is 17.4. The fraction of sp³-hybridized carbons (Fsp3) is 0.407. The average molecular weight is 433 g/mol. The van der Waals surface area contributed by atoms with Crippen LogP contribution in [0.5, 0.6) is 5.75 Å². The SMILES string of the molecule is CC1(C)CCC(C)(C)c2cc(COc3ccc(C(CC(=O)O)c4ncc[nH]4)cc3)ccc21. The first kappa shape index (κ1) is 22.1. The van der Waals surface area contributed by atoms with E-state index in [1.807, 2.05) is 24.3 Å². The van der Waals surface area contributed by atoms with Gasteiger partial charge in [-0.2, -0.15) is 0 Å². The van der Waals surface area contributed by atoms with Crippen LogP contribution in [0.2, 0.25) is 0 Å². The number of imidazole rings is 1. The zero-order valence-electron chi connectivity index (χ0n) is 19.3. The van der Waals surface area contributed by atoms with Crippen LogP contribution in [-0.2, 0) is 22.2 Å². The van der Waals surface area contributed by atoms with Gasteiger partial charge in [-0.05, 0) is 58.1 Å². The number of aromatic nitrogens is 2. The number of H-pyrrole nitrogens is 1. The Morgan fingerprint density at radius 1 is 1.06 bits per heavy atom. The van der Waals surface area contributed by atoms with Gasteiger partial charge < -0.3 is 14.8 Å². The Kier molecular flexibility index (Phi) is 5.85. The average Bonchev–Trinajstić information content (AvgIpc) is 3.29. The van der Waals surface area contributed by atoms with Crippen LogP contribution in [0, 0.1) is 0 Å². The van der Waals surface area contributed by atoms with E-state index in [2.05, 4.69) is 55.9 Å². The molecule has 1 aliphatic rings. The molecule has 0 fully saturated rings. The highest BCUT2D eigenvalue weighted by atomic mass is 16.5. The van der Waals surface area contributed by atoms with E-state index < -0.39 is 5.97 Å². The van der Waals surface area contributed by atoms with Gasteiger partial charge in [0.25, 0.3) is 0 Å². The molecule has 1 atom stereocenters. The molecule has 0 bridgehead atoms. The van der Waals surface area contributed by atoms with Gasteiger partial charge in [-0.15, -0.1) is 0 Å². The van der Waals surface area contributed by atoms with Crippen LogP contribution in [0.1, 0.15) is 81.0 Å². The molecule has 5 nitrogen and oxygen atoms in total. The molecule has 0 spiro atoms. The Hall–Kier alpha value is -3.08. The molecule has 2 aromatic carbocycles. The quantitative estimate of drug-likeness (QED) is 0.484. The summed E-state index contributed by atoms with van der Waals surface area (Å²) in [4.78, 5) is 18.6. The first-order chi connectivity index (χ1) is 15.2. The predicted molar refractivity (Wildman–Crippen MR) is 125 cm³/mol. The minimum atomic E-state index is -0.856. The van der Waals surface area contributed by atoms with E-state index in [0.29, 0.717) is 12.4 Å². The first-order valence-corrected chi connectivity index (χ1v) is 11.2. The van der Waals surface area contributed by atoms with Crippen molar-refractivity contribution in [2.75, 3.05) is 0 Å². The minimum Gasteiger partial charge on any atom is -0.489 e. The molecule has 4 rings (SSSR count). The third-order valence-corrected chi connectivity index (χ3v) is 6.83. The van der Waals surface area contributed by atoms with Crippen molar-refractivity contribution in [3.63, 3.8) is 0 Å². The molecule has 1 aromatic heterocycles. The summed E-state index contributed by atoms with van der Waals surface area (Å²) in [7, 11) is 0. The number of aliphatic carboxylic acids is 1. The van der Waals surface area contributed by atoms with Gasteiger partial charge in [0.2, 0.25) is 0 Å². The summed E-state index contributed by atoms with van der Waals surface area (Å²) in [5.41, 5.74) is 5.32. The molecule has 168 valence electrons. The monoisotopic (exact) mass is 432 g/mol. The molecule has 2 N–H and O–H groups in total. The topological polar surface area (TPSA) is 75.2 Å². The van der Waals surface area contributed by atoms with E-state index in [-0.39, 0.29) is 23.2 Å². The van der Waals surface area contributed by atoms with Gasteiger partial charge in [-0.1, -0.05) is 58.0 Å². The van der Waals surface area contributed by atoms with Crippen molar-refractivity contribution >= 4 is 5.97 Å². The van der Waals surface area contributed by atoms with E-state index in [1.54, 1.807) is 12.4 Å². The molecule has 0 radical (unpaired) electrons. The third-order valence-electron chi connectivity index (χ3n) is 6.83. The van der Waals surface area contributed by atoms with Gasteiger partial charge in [0.1, 0.15) is 18.2 Å². The molecule has 0 saturated carbocycles. The Labute approximate surface area is 189 Å². The maximum absolute atomic E-state index is 11.3. The van der Waals surface area contributed by atoms with Gasteiger partial charge in [-0.25, -0.2) is 4.98 Å². The first-order valence-electron chi connectivity index (χ1n) is 11.2. The highest BCUT2D eigenvalue weighted by Gasteiger charge is 2.36. The summed E-state index contributed by atoms with van der Waals surface area (Å²) in [6.07, 6.45) is 5.72. The van der Waals surface area contributed by atoms with Gasteiger partial charge in [0.15, 0.2) is 0 Å². The maximum atomic E-state index is 11.3. The minimum absolute atomic E-state index is 0.0189. The lowest BCUT2D eigenvalue weighted by Crippen LogP contribution is -2.33. The maximum Gasteiger partial charge on any atom is 0.304 e. The Bertz CT molecular complexity index is 1080. The second-order valence-electron chi connectivity index (χ2n) is 10.1. The molecule has 3 aromatic rings. The lowest BCUT2D eigenvalue weighted by Gasteiger charge is -2.42. The fourth-order valence-electron chi connectivity index (χ4n) is 4.70. The largest absolute Gasteiger partial charge is 0.489 e. The summed E-state index contributed by atoms with van der Waals surface area (Å²) >= 11 is 0. The second-order valence-corrected chi connectivity index (χ2v) is 10.1. The highest BCUT2D eigenvalue weighted by molar-refractivity contribution is 5.68. The summed E-state index contributed by atoms with van der Waals surface area (Å²) in [5.74, 6) is 0.244. The number of nitrogens with zero attached hydrogens (tertiary/aromatic N) is 1. The fourth-order valence-corrected chi connectivity index (χ4v) is 4.70. The molecule has 0 amide bonds. The Morgan fingerprint density at radius 2 is 1.75 bits per heavy atom. The van der Waals surface area contributed by atoms with Gasteiger partial charge in [0.05, 0.1) is 12.3 Å². The number of fused-ring (bicyclic) bond motifs is 1. The predicted octanol–water partition coefficient (Wildman–Crippen LogP) is 5.94. The highest BCUT2D eigenvalue weighted by Crippen LogP contribution is 2.46. The second kappa shape index (κ2) is 8.45. The molecular weight excluding hydrogens is 400 g/mol. The number of hydrogen-bond donors (Lipinski definition) is 2. The van der Waals surface area contributed by atoms with E-state index in [1.165, 1.54) is 24.0 Å². The van der Waals surface area contributed by atoms with Crippen LogP contribution in [0.3, 0.4) is 0 Å². The standard InChI is InChI=1S/C27H32N2O3/c1-26(2)11-12-27(3,4)23-15-18(5-10-22(23)26)17-32-20-8-6-19(7-9-20)21(16-24(30)31)25-28-13-14-29-25/h5-10,13-15,21H,11-12,16-17H2,1-4H3,(H,28,29)(H,30,31). The number of hydrogen-bond acceptors (Lipinski definition) is 3. The van der Waals surface area contributed by atoms with Crippen molar-refractivity contribution in [2.24, 2.45) is 0 Å². The lowest BCUT2D eigenvalue weighted by atomic mass is 9.63. The molecular formula is C27H32N2O3. The number of ether oxygens (including phenoxy) is 1. The zero-order chi connectivity index (χ0) is 22.9. The molecule has 1 heterocycles. The summed E-state index contributed by atoms with van der Waals surface area (Å²) < 4.78 is 6.07. The van der Waals surface area contributed by atoms with Gasteiger partial charge in [0, 0.05) is 12.4 Å². The number of carbonyl (C=O) groups is 1. The molecule has 1 unspecified atom stereocenters. The summed E-state index contributed by atoms with van der Waals surface area (Å²) in [6.45, 7) is 9.83. The third kappa shape index (κ3) is 4.57. The van der Waals surface area contributed by atoms with Crippen molar-refractivity contribution in [3.8, 4) is 5.75 Å². The molecule has 1 aliphatic carbocycles. The van der Waals surface area contributed by atoms with E-state index >= 15 is 0 Å². The van der Waals surface area contributed by atoms with Crippen molar-refractivity contribution < 1.29 is 14.6 Å². The number of carboxylic acids is 1. The molecule has 32 heavy (non-hydrogen) atoms. The van der Waals surface area contributed by atoms with Gasteiger partial charge in [-0.3, -0.25) is 4.79 Å². The van der Waals surface area contributed by atoms with Crippen molar-refractivity contribution in [3.05, 3.63) is 82.9 Å². The van der Waals surface area contributed by atoms with E-state index in [0.717, 1.165) is 16.9 Å². The molecule has 5 heteroatoms.